The van der Waals surface area contributed by atoms with Crippen molar-refractivity contribution in [1.29, 1.82) is 0 Å². The number of hydrazine groups is 1. The Hall–Kier alpha value is -0.700. The summed E-state index contributed by atoms with van der Waals surface area (Å²) in [6.45, 7) is 11.3. The third-order valence-corrected chi connectivity index (χ3v) is 3.77. The Morgan fingerprint density at radius 3 is 2.27 bits per heavy atom. The number of nitrogens with one attached hydrogen (secondary N) is 2. The van der Waals surface area contributed by atoms with Gasteiger partial charge in [0.05, 0.1) is 0 Å². The van der Waals surface area contributed by atoms with Crippen molar-refractivity contribution in [2.75, 3.05) is 7.05 Å². The van der Waals surface area contributed by atoms with E-state index in [-0.39, 0.29) is 5.41 Å². The molecule has 0 amide bonds. The van der Waals surface area contributed by atoms with Crippen LogP contribution < -0.4 is 16.6 Å². The smallest absolute Gasteiger partial charge is 0.0474 e. The summed E-state index contributed by atoms with van der Waals surface area (Å²) >= 11 is 0. The first-order chi connectivity index (χ1) is 6.91. The van der Waals surface area contributed by atoms with Gasteiger partial charge in [0.15, 0.2) is 0 Å². The van der Waals surface area contributed by atoms with Crippen molar-refractivity contribution in [3.63, 3.8) is 0 Å². The fourth-order valence-corrected chi connectivity index (χ4v) is 1.87. The molecule has 0 aromatic rings. The first-order valence-corrected chi connectivity index (χ1v) is 5.76. The molecule has 0 heterocycles. The fraction of sp³-hybridized carbons (Fsp3) is 0.833. The van der Waals surface area contributed by atoms with Crippen LogP contribution in [0.3, 0.4) is 0 Å². The normalized spacial score (nSPS) is 17.1. The predicted octanol–water partition coefficient (Wildman–Crippen LogP) is 2.22. The molecule has 0 aromatic carbocycles. The van der Waals surface area contributed by atoms with Gasteiger partial charge in [-0.1, -0.05) is 41.0 Å². The molecule has 0 aliphatic heterocycles. The van der Waals surface area contributed by atoms with E-state index in [0.29, 0.717) is 11.8 Å². The molecule has 0 aliphatic rings. The third kappa shape index (κ3) is 3.42. The van der Waals surface area contributed by atoms with Gasteiger partial charge in [-0.2, -0.15) is 0 Å². The average Bonchev–Trinajstić information content (AvgIpc) is 2.23. The number of nitrogens with two attached hydrogens (primary N) is 1. The van der Waals surface area contributed by atoms with Gasteiger partial charge < -0.3 is 10.7 Å². The molecule has 2 unspecified atom stereocenters. The molecule has 0 radical (unpaired) electrons. The second-order valence-electron chi connectivity index (χ2n) is 4.89. The van der Waals surface area contributed by atoms with Crippen LogP contribution in [0.5, 0.6) is 0 Å². The molecule has 0 spiro atoms. The van der Waals surface area contributed by atoms with E-state index in [1.54, 1.807) is 0 Å². The van der Waals surface area contributed by atoms with E-state index in [1.807, 2.05) is 13.2 Å². The van der Waals surface area contributed by atoms with Gasteiger partial charge in [0, 0.05) is 24.4 Å². The van der Waals surface area contributed by atoms with Crippen LogP contribution in [0.4, 0.5) is 0 Å². The SMILES string of the molecule is CCC(C)C(C)C(C)(C)/C(=C/NC)NN. The largest absolute Gasteiger partial charge is 0.393 e. The lowest BCUT2D eigenvalue weighted by Crippen LogP contribution is -2.38. The standard InChI is InChI=1S/C12H27N3/c1-7-9(2)10(3)12(4,5)11(15-13)8-14-6/h8-10,14-15H,7,13H2,1-6H3/b11-8-. The van der Waals surface area contributed by atoms with Crippen molar-refractivity contribution in [2.24, 2.45) is 23.1 Å². The van der Waals surface area contributed by atoms with E-state index >= 15 is 0 Å². The summed E-state index contributed by atoms with van der Waals surface area (Å²) in [5.74, 6) is 6.84. The molecule has 0 saturated heterocycles. The zero-order valence-electron chi connectivity index (χ0n) is 11.0. The highest BCUT2D eigenvalue weighted by molar-refractivity contribution is 5.10. The van der Waals surface area contributed by atoms with Crippen molar-refractivity contribution in [3.8, 4) is 0 Å². The molecule has 2 atom stereocenters. The second kappa shape index (κ2) is 6.01. The molecular weight excluding hydrogens is 186 g/mol. The van der Waals surface area contributed by atoms with Crippen LogP contribution in [0, 0.1) is 17.3 Å². The highest BCUT2D eigenvalue weighted by atomic mass is 15.2. The maximum absolute atomic E-state index is 5.57. The molecule has 0 saturated carbocycles. The van der Waals surface area contributed by atoms with Crippen molar-refractivity contribution in [1.82, 2.24) is 10.7 Å². The van der Waals surface area contributed by atoms with E-state index in [2.05, 4.69) is 45.4 Å². The van der Waals surface area contributed by atoms with Gasteiger partial charge in [0.2, 0.25) is 0 Å². The summed E-state index contributed by atoms with van der Waals surface area (Å²) in [4.78, 5) is 0. The summed E-state index contributed by atoms with van der Waals surface area (Å²) in [5.41, 5.74) is 3.92. The average molecular weight is 213 g/mol. The Bertz CT molecular complexity index is 209. The monoisotopic (exact) mass is 213 g/mol. The quantitative estimate of drug-likeness (QED) is 0.468. The van der Waals surface area contributed by atoms with Gasteiger partial charge in [-0.3, -0.25) is 5.84 Å². The van der Waals surface area contributed by atoms with E-state index in [4.69, 9.17) is 5.84 Å². The fourth-order valence-electron chi connectivity index (χ4n) is 1.87. The Kier molecular flexibility index (Phi) is 5.73. The van der Waals surface area contributed by atoms with Gasteiger partial charge in [-0.25, -0.2) is 0 Å². The molecular formula is C12H27N3. The molecule has 90 valence electrons. The van der Waals surface area contributed by atoms with Crippen LogP contribution in [-0.4, -0.2) is 7.05 Å². The molecule has 0 aromatic heterocycles. The molecule has 3 nitrogen and oxygen atoms in total. The summed E-state index contributed by atoms with van der Waals surface area (Å²) in [5, 5.41) is 3.03. The molecule has 0 bridgehead atoms. The van der Waals surface area contributed by atoms with Crippen molar-refractivity contribution in [2.45, 2.75) is 41.0 Å². The van der Waals surface area contributed by atoms with Crippen LogP contribution >= 0.6 is 0 Å². The lowest BCUT2D eigenvalue weighted by atomic mass is 9.71. The predicted molar refractivity (Wildman–Crippen MR) is 66.9 cm³/mol. The first-order valence-electron chi connectivity index (χ1n) is 5.76. The highest BCUT2D eigenvalue weighted by Crippen LogP contribution is 2.38. The highest BCUT2D eigenvalue weighted by Gasteiger charge is 2.32. The first kappa shape index (κ1) is 14.3. The molecule has 0 aliphatic carbocycles. The Balaban J connectivity index is 4.84. The van der Waals surface area contributed by atoms with Gasteiger partial charge in [0.25, 0.3) is 0 Å². The number of allylic oxidation sites excluding steroid dienone is 1. The summed E-state index contributed by atoms with van der Waals surface area (Å²) in [6.07, 6.45) is 3.14. The minimum Gasteiger partial charge on any atom is -0.393 e. The minimum absolute atomic E-state index is 0.0627. The van der Waals surface area contributed by atoms with Gasteiger partial charge in [-0.15, -0.1) is 0 Å². The summed E-state index contributed by atoms with van der Waals surface area (Å²) in [7, 11) is 1.89. The number of hydrogen-bond donors (Lipinski definition) is 3. The van der Waals surface area contributed by atoms with E-state index in [1.165, 1.54) is 6.42 Å². The number of hydrogen-bond acceptors (Lipinski definition) is 3. The van der Waals surface area contributed by atoms with Crippen molar-refractivity contribution in [3.05, 3.63) is 11.9 Å². The summed E-state index contributed by atoms with van der Waals surface area (Å²) < 4.78 is 0. The third-order valence-electron chi connectivity index (χ3n) is 3.77. The van der Waals surface area contributed by atoms with Gasteiger partial charge in [0.1, 0.15) is 0 Å². The Labute approximate surface area is 94.5 Å². The van der Waals surface area contributed by atoms with Crippen LogP contribution in [-0.2, 0) is 0 Å². The summed E-state index contributed by atoms with van der Waals surface area (Å²) in [6, 6.07) is 0. The minimum atomic E-state index is 0.0627. The zero-order valence-corrected chi connectivity index (χ0v) is 11.0. The Morgan fingerprint density at radius 1 is 1.40 bits per heavy atom. The van der Waals surface area contributed by atoms with E-state index < -0.39 is 0 Å². The van der Waals surface area contributed by atoms with Gasteiger partial charge >= 0.3 is 0 Å². The molecule has 15 heavy (non-hydrogen) atoms. The second-order valence-corrected chi connectivity index (χ2v) is 4.89. The van der Waals surface area contributed by atoms with Crippen LogP contribution in [0.1, 0.15) is 41.0 Å². The molecule has 4 N–H and O–H groups in total. The van der Waals surface area contributed by atoms with Crippen LogP contribution in [0.2, 0.25) is 0 Å². The Morgan fingerprint density at radius 2 is 1.93 bits per heavy atom. The lowest BCUT2D eigenvalue weighted by Gasteiger charge is -2.37. The van der Waals surface area contributed by atoms with Gasteiger partial charge in [-0.05, 0) is 11.8 Å². The van der Waals surface area contributed by atoms with Crippen molar-refractivity contribution >= 4 is 0 Å². The van der Waals surface area contributed by atoms with Crippen molar-refractivity contribution < 1.29 is 0 Å². The zero-order chi connectivity index (χ0) is 12.1. The van der Waals surface area contributed by atoms with E-state index in [0.717, 1.165) is 5.70 Å². The van der Waals surface area contributed by atoms with Crippen LogP contribution in [0.15, 0.2) is 11.9 Å². The maximum Gasteiger partial charge on any atom is 0.0474 e. The topological polar surface area (TPSA) is 50.1 Å². The molecule has 0 rings (SSSR count). The maximum atomic E-state index is 5.57. The van der Waals surface area contributed by atoms with Crippen LogP contribution in [0.25, 0.3) is 0 Å². The lowest BCUT2D eigenvalue weighted by molar-refractivity contribution is 0.192. The molecule has 0 fully saturated rings. The number of rotatable bonds is 6. The molecule has 3 heteroatoms. The van der Waals surface area contributed by atoms with E-state index in [9.17, 15) is 0 Å².